The van der Waals surface area contributed by atoms with E-state index in [0.717, 1.165) is 24.0 Å². The number of carbonyl (C=O) groups excluding carboxylic acids is 1. The molecule has 2 aromatic heterocycles. The van der Waals surface area contributed by atoms with Crippen LogP contribution in [0.5, 0.6) is 0 Å². The Morgan fingerprint density at radius 1 is 1.04 bits per heavy atom. The molecule has 6 heteroatoms. The first-order valence-corrected chi connectivity index (χ1v) is 8.58. The van der Waals surface area contributed by atoms with Crippen LogP contribution in [0.1, 0.15) is 30.3 Å². The molecule has 6 nitrogen and oxygen atoms in total. The normalized spacial score (nSPS) is 10.5. The fourth-order valence-electron chi connectivity index (χ4n) is 2.49. The van der Waals surface area contributed by atoms with E-state index in [-0.39, 0.29) is 11.3 Å². The van der Waals surface area contributed by atoms with Crippen molar-refractivity contribution in [1.29, 1.82) is 0 Å². The van der Waals surface area contributed by atoms with E-state index in [1.54, 1.807) is 12.3 Å². The molecule has 0 spiro atoms. The quantitative estimate of drug-likeness (QED) is 0.741. The fraction of sp³-hybridized carbons (Fsp3) is 0.200. The lowest BCUT2D eigenvalue weighted by Crippen LogP contribution is -2.26. The number of rotatable bonds is 6. The molecular weight excluding hydrogens is 328 g/mol. The third kappa shape index (κ3) is 4.22. The van der Waals surface area contributed by atoms with Crippen molar-refractivity contribution in [2.24, 2.45) is 0 Å². The molecule has 0 unspecified atom stereocenters. The number of benzene rings is 1. The third-order valence-electron chi connectivity index (χ3n) is 3.93. The second kappa shape index (κ2) is 8.20. The molecule has 0 saturated carbocycles. The van der Waals surface area contributed by atoms with Gasteiger partial charge >= 0.3 is 0 Å². The number of hydrogen-bond acceptors (Lipinski definition) is 4. The molecule has 0 saturated heterocycles. The number of anilines is 1. The van der Waals surface area contributed by atoms with Crippen molar-refractivity contribution >= 4 is 11.7 Å². The Balaban J connectivity index is 1.73. The van der Waals surface area contributed by atoms with Crippen LogP contribution >= 0.6 is 0 Å². The first-order chi connectivity index (χ1) is 12.7. The van der Waals surface area contributed by atoms with Gasteiger partial charge in [0.2, 0.25) is 0 Å². The summed E-state index contributed by atoms with van der Waals surface area (Å²) in [6.07, 6.45) is 3.49. The van der Waals surface area contributed by atoms with Crippen molar-refractivity contribution < 1.29 is 4.79 Å². The molecule has 2 heterocycles. The highest BCUT2D eigenvalue weighted by Gasteiger charge is 2.11. The van der Waals surface area contributed by atoms with E-state index in [9.17, 15) is 9.59 Å². The lowest BCUT2D eigenvalue weighted by Gasteiger charge is -2.08. The summed E-state index contributed by atoms with van der Waals surface area (Å²) < 4.78 is 1.32. The summed E-state index contributed by atoms with van der Waals surface area (Å²) in [6, 6.07) is 16.3. The molecule has 0 radical (unpaired) electrons. The predicted octanol–water partition coefficient (Wildman–Crippen LogP) is 3.36. The zero-order valence-electron chi connectivity index (χ0n) is 14.6. The summed E-state index contributed by atoms with van der Waals surface area (Å²) in [5.74, 6) is 0.0398. The summed E-state index contributed by atoms with van der Waals surface area (Å²) in [4.78, 5) is 28.4. The number of aromatic nitrogens is 3. The number of nitrogens with zero attached hydrogens (tertiary/aromatic N) is 3. The number of aryl methyl sites for hydroxylation is 1. The number of carbonyl (C=O) groups is 1. The molecule has 0 aliphatic heterocycles. The smallest absolute Gasteiger partial charge is 0.277 e. The number of nitrogens with one attached hydrogen (secondary N) is 1. The topological polar surface area (TPSA) is 76.9 Å². The first kappa shape index (κ1) is 17.5. The first-order valence-electron chi connectivity index (χ1n) is 8.58. The third-order valence-corrected chi connectivity index (χ3v) is 3.93. The van der Waals surface area contributed by atoms with E-state index in [1.165, 1.54) is 16.8 Å². The van der Waals surface area contributed by atoms with E-state index < -0.39 is 5.91 Å². The molecule has 0 atom stereocenters. The highest BCUT2D eigenvalue weighted by atomic mass is 16.2. The highest BCUT2D eigenvalue weighted by Crippen LogP contribution is 2.19. The van der Waals surface area contributed by atoms with Gasteiger partial charge in [-0.3, -0.25) is 9.59 Å². The average molecular weight is 348 g/mol. The zero-order chi connectivity index (χ0) is 18.4. The standard InChI is InChI=1S/C20H20N4O2/c1-2-3-13-24-19(25)12-10-17(23-24)20(26)22-18-11-9-16(14-21-18)15-7-5-4-6-8-15/h4-12,14H,2-3,13H2,1H3,(H,21,22,26). The van der Waals surface area contributed by atoms with Crippen molar-refractivity contribution in [2.75, 3.05) is 5.32 Å². The lowest BCUT2D eigenvalue weighted by atomic mass is 10.1. The maximum Gasteiger partial charge on any atom is 0.277 e. The van der Waals surface area contributed by atoms with Crippen molar-refractivity contribution in [1.82, 2.24) is 14.8 Å². The van der Waals surface area contributed by atoms with E-state index >= 15 is 0 Å². The van der Waals surface area contributed by atoms with Crippen LogP contribution in [0.15, 0.2) is 65.6 Å². The van der Waals surface area contributed by atoms with Crippen LogP contribution in [0.2, 0.25) is 0 Å². The van der Waals surface area contributed by atoms with Crippen molar-refractivity contribution in [3.8, 4) is 11.1 Å². The van der Waals surface area contributed by atoms with Gasteiger partial charge in [0.05, 0.1) is 0 Å². The van der Waals surface area contributed by atoms with Crippen LogP contribution in [-0.4, -0.2) is 20.7 Å². The van der Waals surface area contributed by atoms with Crippen molar-refractivity contribution in [3.63, 3.8) is 0 Å². The van der Waals surface area contributed by atoms with E-state index in [4.69, 9.17) is 0 Å². The van der Waals surface area contributed by atoms with Gasteiger partial charge in [-0.05, 0) is 30.2 Å². The average Bonchev–Trinajstić information content (AvgIpc) is 2.68. The largest absolute Gasteiger partial charge is 0.305 e. The van der Waals surface area contributed by atoms with Gasteiger partial charge in [0.15, 0.2) is 0 Å². The zero-order valence-corrected chi connectivity index (χ0v) is 14.6. The monoisotopic (exact) mass is 348 g/mol. The number of pyridine rings is 1. The molecule has 26 heavy (non-hydrogen) atoms. The maximum atomic E-state index is 12.4. The molecule has 132 valence electrons. The van der Waals surface area contributed by atoms with E-state index in [2.05, 4.69) is 15.4 Å². The minimum Gasteiger partial charge on any atom is -0.305 e. The van der Waals surface area contributed by atoms with E-state index in [1.807, 2.05) is 43.3 Å². The summed E-state index contributed by atoms with van der Waals surface area (Å²) in [5, 5.41) is 6.85. The summed E-state index contributed by atoms with van der Waals surface area (Å²) >= 11 is 0. The molecule has 0 bridgehead atoms. The number of amides is 1. The van der Waals surface area contributed by atoms with Gasteiger partial charge < -0.3 is 5.32 Å². The molecule has 3 aromatic rings. The van der Waals surface area contributed by atoms with Crippen LogP contribution < -0.4 is 10.9 Å². The van der Waals surface area contributed by atoms with E-state index in [0.29, 0.717) is 12.4 Å². The van der Waals surface area contributed by atoms with Crippen molar-refractivity contribution in [3.05, 3.63) is 76.8 Å². The van der Waals surface area contributed by atoms with Crippen LogP contribution in [0, 0.1) is 0 Å². The Morgan fingerprint density at radius 2 is 1.85 bits per heavy atom. The Labute approximate surface area is 151 Å². The van der Waals surface area contributed by atoms with Crippen LogP contribution in [0.3, 0.4) is 0 Å². The molecule has 0 fully saturated rings. The van der Waals surface area contributed by atoms with Gasteiger partial charge in [-0.25, -0.2) is 9.67 Å². The van der Waals surface area contributed by atoms with Gasteiger partial charge in [0, 0.05) is 24.4 Å². The summed E-state index contributed by atoms with van der Waals surface area (Å²) in [5.41, 5.74) is 2.01. The fourth-order valence-corrected chi connectivity index (χ4v) is 2.49. The summed E-state index contributed by atoms with van der Waals surface area (Å²) in [6.45, 7) is 2.53. The Bertz CT molecular complexity index is 934. The van der Waals surface area contributed by atoms with Crippen LogP contribution in [0.25, 0.3) is 11.1 Å². The predicted molar refractivity (Wildman–Crippen MR) is 101 cm³/mol. The Morgan fingerprint density at radius 3 is 2.54 bits per heavy atom. The maximum absolute atomic E-state index is 12.4. The minimum absolute atomic E-state index is 0.189. The lowest BCUT2D eigenvalue weighted by molar-refractivity contribution is 0.101. The molecular formula is C20H20N4O2. The van der Waals surface area contributed by atoms with Crippen molar-refractivity contribution in [2.45, 2.75) is 26.3 Å². The van der Waals surface area contributed by atoms with Gasteiger partial charge in [-0.2, -0.15) is 5.10 Å². The molecule has 0 aliphatic rings. The van der Waals surface area contributed by atoms with Gasteiger partial charge in [0.25, 0.3) is 11.5 Å². The molecule has 3 rings (SSSR count). The minimum atomic E-state index is -0.393. The van der Waals surface area contributed by atoms with Gasteiger partial charge in [0.1, 0.15) is 11.5 Å². The molecule has 1 amide bonds. The van der Waals surface area contributed by atoms with Crippen LogP contribution in [-0.2, 0) is 6.54 Å². The Hall–Kier alpha value is -3.28. The van der Waals surface area contributed by atoms with Crippen LogP contribution in [0.4, 0.5) is 5.82 Å². The highest BCUT2D eigenvalue weighted by molar-refractivity contribution is 6.02. The second-order valence-electron chi connectivity index (χ2n) is 5.89. The SMILES string of the molecule is CCCCn1nc(C(=O)Nc2ccc(-c3ccccc3)cn2)ccc1=O. The number of unbranched alkanes of at least 4 members (excludes halogenated alkanes) is 1. The summed E-state index contributed by atoms with van der Waals surface area (Å²) in [7, 11) is 0. The Kier molecular flexibility index (Phi) is 5.53. The second-order valence-corrected chi connectivity index (χ2v) is 5.89. The van der Waals surface area contributed by atoms with Gasteiger partial charge in [-0.15, -0.1) is 0 Å². The number of hydrogen-bond donors (Lipinski definition) is 1. The molecule has 1 aromatic carbocycles. The molecule has 0 aliphatic carbocycles. The van der Waals surface area contributed by atoms with Gasteiger partial charge in [-0.1, -0.05) is 43.7 Å². The molecule has 1 N–H and O–H groups in total.